The summed E-state index contributed by atoms with van der Waals surface area (Å²) in [6.07, 6.45) is -1.90. The summed E-state index contributed by atoms with van der Waals surface area (Å²) in [4.78, 5) is 10.9. The summed E-state index contributed by atoms with van der Waals surface area (Å²) in [5.41, 5.74) is 3.84. The maximum Gasteiger partial charge on any atom is 0.404 e. The Labute approximate surface area is 152 Å². The molecule has 0 spiro atoms. The lowest BCUT2D eigenvalue weighted by molar-refractivity contribution is 0.140. The minimum absolute atomic E-state index is 0.135. The van der Waals surface area contributed by atoms with Crippen LogP contribution in [0.1, 0.15) is 23.1 Å². The Kier molecular flexibility index (Phi) is 5.66. The van der Waals surface area contributed by atoms with Crippen LogP contribution in [0, 0.1) is 0 Å². The highest BCUT2D eigenvalue weighted by Crippen LogP contribution is 2.32. The Morgan fingerprint density at radius 3 is 1.88 bits per heavy atom. The molecule has 0 saturated heterocycles. The quantitative estimate of drug-likeness (QED) is 0.617. The molecule has 3 aromatic carbocycles. The van der Waals surface area contributed by atoms with E-state index >= 15 is 0 Å². The molecule has 3 N–H and O–H groups in total. The van der Waals surface area contributed by atoms with Crippen LogP contribution in [0.4, 0.5) is 4.79 Å². The number of carbonyl (C=O) groups is 1. The number of benzene rings is 3. The molecule has 0 radical (unpaired) electrons. The molecule has 3 rings (SSSR count). The number of amides is 1. The molecule has 4 heteroatoms. The standard InChI is InChI=1S/C22H21NO3/c24-21(19-9-5-2-6-10-19)20(15-23-22(25)26)18-13-11-17(12-14-18)16-7-3-1-4-8-16/h1-14,20-21,23-24H,15H2,(H,25,26)/t20-,21-/m0/s1. The zero-order chi connectivity index (χ0) is 18.4. The summed E-state index contributed by atoms with van der Waals surface area (Å²) in [7, 11) is 0. The molecule has 0 fully saturated rings. The van der Waals surface area contributed by atoms with E-state index in [1.807, 2.05) is 84.9 Å². The molecule has 0 unspecified atom stereocenters. The van der Waals surface area contributed by atoms with E-state index in [-0.39, 0.29) is 12.5 Å². The van der Waals surface area contributed by atoms with Crippen molar-refractivity contribution in [3.05, 3.63) is 96.1 Å². The normalized spacial score (nSPS) is 13.0. The Hall–Kier alpha value is -3.11. The van der Waals surface area contributed by atoms with Gasteiger partial charge in [0.1, 0.15) is 0 Å². The first-order valence-corrected chi connectivity index (χ1v) is 8.50. The number of aliphatic hydroxyl groups excluding tert-OH is 1. The first-order chi connectivity index (χ1) is 12.6. The average molecular weight is 347 g/mol. The minimum atomic E-state index is -1.10. The van der Waals surface area contributed by atoms with Gasteiger partial charge in [0.25, 0.3) is 0 Å². The van der Waals surface area contributed by atoms with Crippen LogP contribution in [-0.2, 0) is 0 Å². The molecule has 2 atom stereocenters. The van der Waals surface area contributed by atoms with Gasteiger partial charge in [0.15, 0.2) is 0 Å². The lowest BCUT2D eigenvalue weighted by Gasteiger charge is -2.24. The topological polar surface area (TPSA) is 69.6 Å². The molecule has 0 aliphatic rings. The smallest absolute Gasteiger partial charge is 0.404 e. The van der Waals surface area contributed by atoms with Crippen LogP contribution in [0.3, 0.4) is 0 Å². The fourth-order valence-electron chi connectivity index (χ4n) is 3.04. The number of aliphatic hydroxyl groups is 1. The molecule has 0 saturated carbocycles. The summed E-state index contributed by atoms with van der Waals surface area (Å²) in [5, 5.41) is 22.2. The molecule has 0 heterocycles. The van der Waals surface area contributed by atoms with Crippen molar-refractivity contribution in [3.8, 4) is 11.1 Å². The van der Waals surface area contributed by atoms with Crippen LogP contribution in [0.25, 0.3) is 11.1 Å². The third-order valence-electron chi connectivity index (χ3n) is 4.44. The summed E-state index contributed by atoms with van der Waals surface area (Å²) in [6, 6.07) is 27.2. The summed E-state index contributed by atoms with van der Waals surface area (Å²) in [5.74, 6) is -0.377. The lowest BCUT2D eigenvalue weighted by Crippen LogP contribution is -2.29. The first-order valence-electron chi connectivity index (χ1n) is 8.50. The fourth-order valence-corrected chi connectivity index (χ4v) is 3.04. The largest absolute Gasteiger partial charge is 0.465 e. The summed E-state index contributed by atoms with van der Waals surface area (Å²) < 4.78 is 0. The van der Waals surface area contributed by atoms with Crippen LogP contribution in [0.15, 0.2) is 84.9 Å². The first kappa shape index (κ1) is 17.7. The van der Waals surface area contributed by atoms with Crippen molar-refractivity contribution in [1.29, 1.82) is 0 Å². The molecule has 1 amide bonds. The molecule has 0 aromatic heterocycles. The summed E-state index contributed by atoms with van der Waals surface area (Å²) in [6.45, 7) is 0.135. The predicted molar refractivity (Wildman–Crippen MR) is 102 cm³/mol. The van der Waals surface area contributed by atoms with Gasteiger partial charge in [-0.15, -0.1) is 0 Å². The van der Waals surface area contributed by atoms with Crippen molar-refractivity contribution >= 4 is 6.09 Å². The van der Waals surface area contributed by atoms with Gasteiger partial charge in [0, 0.05) is 12.5 Å². The summed E-state index contributed by atoms with van der Waals surface area (Å²) >= 11 is 0. The molecular weight excluding hydrogens is 326 g/mol. The molecule has 4 nitrogen and oxygen atoms in total. The second kappa shape index (κ2) is 8.32. The lowest BCUT2D eigenvalue weighted by atomic mass is 9.88. The number of nitrogens with one attached hydrogen (secondary N) is 1. The maximum atomic E-state index is 10.9. The van der Waals surface area contributed by atoms with Gasteiger partial charge < -0.3 is 15.5 Å². The molecule has 0 aliphatic heterocycles. The van der Waals surface area contributed by atoms with Gasteiger partial charge in [-0.25, -0.2) is 4.79 Å². The predicted octanol–water partition coefficient (Wildman–Crippen LogP) is 4.44. The van der Waals surface area contributed by atoms with Gasteiger partial charge in [-0.05, 0) is 22.3 Å². The van der Waals surface area contributed by atoms with Crippen molar-refractivity contribution in [2.45, 2.75) is 12.0 Å². The van der Waals surface area contributed by atoms with Crippen molar-refractivity contribution < 1.29 is 15.0 Å². The highest BCUT2D eigenvalue weighted by Gasteiger charge is 2.23. The highest BCUT2D eigenvalue weighted by atomic mass is 16.4. The second-order valence-corrected chi connectivity index (χ2v) is 6.14. The Morgan fingerprint density at radius 1 is 0.769 bits per heavy atom. The van der Waals surface area contributed by atoms with Crippen molar-refractivity contribution in [2.24, 2.45) is 0 Å². The molecule has 3 aromatic rings. The van der Waals surface area contributed by atoms with E-state index < -0.39 is 12.2 Å². The Morgan fingerprint density at radius 2 is 1.31 bits per heavy atom. The van der Waals surface area contributed by atoms with Gasteiger partial charge in [0.2, 0.25) is 0 Å². The maximum absolute atomic E-state index is 10.9. The van der Waals surface area contributed by atoms with Crippen molar-refractivity contribution in [1.82, 2.24) is 5.32 Å². The zero-order valence-corrected chi connectivity index (χ0v) is 14.2. The van der Waals surface area contributed by atoms with E-state index in [1.54, 1.807) is 0 Å². The van der Waals surface area contributed by atoms with Gasteiger partial charge in [-0.2, -0.15) is 0 Å². The third-order valence-corrected chi connectivity index (χ3v) is 4.44. The third kappa shape index (κ3) is 4.29. The second-order valence-electron chi connectivity index (χ2n) is 6.14. The van der Waals surface area contributed by atoms with Gasteiger partial charge in [-0.3, -0.25) is 0 Å². The Balaban J connectivity index is 1.87. The number of hydrogen-bond acceptors (Lipinski definition) is 2. The molecule has 0 bridgehead atoms. The monoisotopic (exact) mass is 347 g/mol. The van der Waals surface area contributed by atoms with Crippen molar-refractivity contribution in [2.75, 3.05) is 6.54 Å². The van der Waals surface area contributed by atoms with Crippen LogP contribution < -0.4 is 5.32 Å². The van der Waals surface area contributed by atoms with Gasteiger partial charge in [0.05, 0.1) is 6.10 Å². The SMILES string of the molecule is O=C(O)NC[C@@H](c1ccc(-c2ccccc2)cc1)[C@@H](O)c1ccccc1. The van der Waals surface area contributed by atoms with Gasteiger partial charge in [-0.1, -0.05) is 84.9 Å². The van der Waals surface area contributed by atoms with E-state index in [2.05, 4.69) is 5.32 Å². The molecule has 132 valence electrons. The zero-order valence-electron chi connectivity index (χ0n) is 14.2. The number of carboxylic acid groups (broad SMARTS) is 1. The van der Waals surface area contributed by atoms with Crippen LogP contribution in [0.5, 0.6) is 0 Å². The fraction of sp³-hybridized carbons (Fsp3) is 0.136. The molecule has 26 heavy (non-hydrogen) atoms. The van der Waals surface area contributed by atoms with E-state index in [1.165, 1.54) is 0 Å². The van der Waals surface area contributed by atoms with Crippen molar-refractivity contribution in [3.63, 3.8) is 0 Å². The van der Waals surface area contributed by atoms with Crippen LogP contribution in [-0.4, -0.2) is 22.9 Å². The molecular formula is C22H21NO3. The van der Waals surface area contributed by atoms with E-state index in [9.17, 15) is 9.90 Å². The average Bonchev–Trinajstić information content (AvgIpc) is 2.69. The van der Waals surface area contributed by atoms with E-state index in [4.69, 9.17) is 5.11 Å². The highest BCUT2D eigenvalue weighted by molar-refractivity contribution is 5.65. The number of hydrogen-bond donors (Lipinski definition) is 3. The molecule has 0 aliphatic carbocycles. The van der Waals surface area contributed by atoms with E-state index in [0.717, 1.165) is 22.3 Å². The minimum Gasteiger partial charge on any atom is -0.465 e. The van der Waals surface area contributed by atoms with Crippen LogP contribution >= 0.6 is 0 Å². The van der Waals surface area contributed by atoms with Crippen LogP contribution in [0.2, 0.25) is 0 Å². The number of rotatable bonds is 6. The van der Waals surface area contributed by atoms with E-state index in [0.29, 0.717) is 0 Å². The van der Waals surface area contributed by atoms with Gasteiger partial charge >= 0.3 is 6.09 Å². The Bertz CT molecular complexity index is 832.